The molecule has 2 aromatic rings. The Morgan fingerprint density at radius 1 is 0.948 bits per heavy atom. The predicted octanol–water partition coefficient (Wildman–Crippen LogP) is 5.30. The largest absolute Gasteiger partial charge is 0.507 e. The van der Waals surface area contributed by atoms with Crippen molar-refractivity contribution in [1.82, 2.24) is 4.90 Å². The van der Waals surface area contributed by atoms with Gasteiger partial charge in [-0.05, 0) is 33.8 Å². The summed E-state index contributed by atoms with van der Waals surface area (Å²) in [5.74, 6) is -8.01. The molecule has 0 spiro atoms. The van der Waals surface area contributed by atoms with Crippen LogP contribution < -0.4 is 14.8 Å². The van der Waals surface area contributed by atoms with Crippen LogP contribution in [0.1, 0.15) is 78.2 Å². The summed E-state index contributed by atoms with van der Waals surface area (Å²) in [4.78, 5) is 54.9. The molecule has 5 rings (SSSR count). The Balaban J connectivity index is 1.94. The molecule has 9 atom stereocenters. The van der Waals surface area contributed by atoms with E-state index in [1.807, 2.05) is 13.8 Å². The van der Waals surface area contributed by atoms with E-state index in [0.717, 1.165) is 0 Å². The minimum absolute atomic E-state index is 0.0574. The molecule has 0 fully saturated rings. The first-order valence-electron chi connectivity index (χ1n) is 19.5. The zero-order chi connectivity index (χ0) is 43.4. The number of carbonyl (C=O) groups is 4. The Morgan fingerprint density at radius 2 is 1.60 bits per heavy atom. The van der Waals surface area contributed by atoms with Crippen molar-refractivity contribution in [3.05, 3.63) is 53.3 Å². The van der Waals surface area contributed by atoms with Crippen LogP contribution in [0.5, 0.6) is 23.0 Å². The number of benzene rings is 2. The van der Waals surface area contributed by atoms with E-state index in [-0.39, 0.29) is 50.6 Å². The van der Waals surface area contributed by atoms with Crippen LogP contribution in [0, 0.1) is 30.6 Å². The number of aliphatic hydroxyl groups excluding tert-OH is 2. The van der Waals surface area contributed by atoms with Gasteiger partial charge in [0.15, 0.2) is 12.4 Å². The number of aliphatic hydroxyl groups is 2. The molecule has 3 aliphatic heterocycles. The number of ether oxygens (including phenoxy) is 5. The quantitative estimate of drug-likeness (QED) is 0.178. The fraction of sp³-hybridized carbons (Fsp3) is 0.535. The average Bonchev–Trinajstić information content (AvgIpc) is 3.45. The van der Waals surface area contributed by atoms with Gasteiger partial charge in [-0.3, -0.25) is 19.2 Å². The average molecular weight is 811 g/mol. The number of phenolic OH excluding ortho intramolecular Hbond substituents is 2. The van der Waals surface area contributed by atoms with E-state index < -0.39 is 89.6 Å². The molecule has 0 aliphatic carbocycles. The highest BCUT2D eigenvalue weighted by molar-refractivity contribution is 6.21. The highest BCUT2D eigenvalue weighted by Gasteiger charge is 2.49. The van der Waals surface area contributed by atoms with Gasteiger partial charge in [0.05, 0.1) is 41.2 Å². The van der Waals surface area contributed by atoms with Crippen molar-refractivity contribution in [3.8, 4) is 23.0 Å². The fourth-order valence-electron chi connectivity index (χ4n) is 7.56. The number of hydrogen-bond acceptors (Lipinski definition) is 13. The molecule has 58 heavy (non-hydrogen) atoms. The molecule has 0 aromatic heterocycles. The van der Waals surface area contributed by atoms with E-state index in [1.54, 1.807) is 44.7 Å². The Bertz CT molecular complexity index is 1990. The standard InChI is InChI=1S/C43H58N2O13/c1-12-45(13-2)31(47)20-55-30-19-28-38(51)33-32(30)34-40(26(8)37(33)50)58-43(10,41(34)52)56-18-17-29(54-11)23(5)39(57-27(9)46)25(7)36(49)24(6)35(48)21(3)15-14-16-22(4)42(53)44-28/h14-19,21,23-25,29,35-36,39,48-51H,12-13,20H2,1-11H3,(H,44,53)/b15-14+,18-17+,22-16+. The summed E-state index contributed by atoms with van der Waals surface area (Å²) < 4.78 is 29.7. The summed E-state index contributed by atoms with van der Waals surface area (Å²) in [6, 6.07) is 1.27. The van der Waals surface area contributed by atoms with Crippen molar-refractivity contribution in [2.45, 2.75) is 99.4 Å². The number of esters is 1. The van der Waals surface area contributed by atoms with Crippen molar-refractivity contribution in [2.24, 2.45) is 23.7 Å². The zero-order valence-electron chi connectivity index (χ0n) is 35.1. The summed E-state index contributed by atoms with van der Waals surface area (Å²) in [5.41, 5.74) is -0.00860. The first-order valence-corrected chi connectivity index (χ1v) is 19.5. The fourth-order valence-corrected chi connectivity index (χ4v) is 7.56. The van der Waals surface area contributed by atoms with Gasteiger partial charge in [-0.2, -0.15) is 0 Å². The van der Waals surface area contributed by atoms with Gasteiger partial charge in [-0.15, -0.1) is 0 Å². The summed E-state index contributed by atoms with van der Waals surface area (Å²) in [6.07, 6.45) is 3.60. The lowest BCUT2D eigenvalue weighted by Gasteiger charge is -2.38. The number of carbonyl (C=O) groups excluding carboxylic acids is 4. The summed E-state index contributed by atoms with van der Waals surface area (Å²) in [6.45, 7) is 16.5. The molecule has 15 nitrogen and oxygen atoms in total. The number of nitrogens with zero attached hydrogens (tertiary/aromatic N) is 1. The van der Waals surface area contributed by atoms with Gasteiger partial charge >= 0.3 is 11.8 Å². The SMILES string of the molecule is CCN(CC)C(=O)COc1cc2c(O)c3c(O)c(C)c4c(c13)C(=O)C(C)(O/C=C/C(OC)C(C)C(OC(C)=O)C(C)C(O)C(C)C(O)C(C)/C=C/C=C(\C)C(=O)N2)O4. The number of amides is 2. The van der Waals surface area contributed by atoms with Gasteiger partial charge in [0.2, 0.25) is 0 Å². The van der Waals surface area contributed by atoms with Crippen LogP contribution in [0.2, 0.25) is 0 Å². The molecule has 2 aromatic carbocycles. The van der Waals surface area contributed by atoms with E-state index in [2.05, 4.69) is 5.32 Å². The Hall–Kier alpha value is -5.12. The number of phenols is 2. The van der Waals surface area contributed by atoms with Crippen molar-refractivity contribution < 1.29 is 63.3 Å². The predicted molar refractivity (Wildman–Crippen MR) is 216 cm³/mol. The van der Waals surface area contributed by atoms with Crippen LogP contribution in [0.3, 0.4) is 0 Å². The molecule has 0 saturated heterocycles. The normalized spacial score (nSPS) is 30.1. The lowest BCUT2D eigenvalue weighted by Crippen LogP contribution is -2.46. The second-order valence-corrected chi connectivity index (χ2v) is 15.3. The molecule has 9 unspecified atom stereocenters. The summed E-state index contributed by atoms with van der Waals surface area (Å²) >= 11 is 0. The first-order chi connectivity index (χ1) is 27.2. The monoisotopic (exact) mass is 810 g/mol. The number of allylic oxidation sites excluding steroid dienone is 2. The third kappa shape index (κ3) is 9.11. The van der Waals surface area contributed by atoms with Crippen LogP contribution in [-0.4, -0.2) is 106 Å². The number of aromatic hydroxyl groups is 2. The van der Waals surface area contributed by atoms with Crippen molar-refractivity contribution in [1.29, 1.82) is 0 Å². The molecule has 0 saturated carbocycles. The second kappa shape index (κ2) is 18.6. The van der Waals surface area contributed by atoms with Gasteiger partial charge in [0.1, 0.15) is 23.4 Å². The Morgan fingerprint density at radius 3 is 2.21 bits per heavy atom. The second-order valence-electron chi connectivity index (χ2n) is 15.3. The number of Topliss-reactive ketones (excluding diaryl/α,β-unsaturated/α-hetero) is 1. The molecule has 2 amide bonds. The van der Waals surface area contributed by atoms with Crippen molar-refractivity contribution in [2.75, 3.05) is 32.1 Å². The van der Waals surface area contributed by atoms with Gasteiger partial charge in [-0.25, -0.2) is 0 Å². The number of rotatable bonds is 7. The molecule has 0 radical (unpaired) electrons. The third-order valence-corrected chi connectivity index (χ3v) is 11.3. The topological polar surface area (TPSA) is 211 Å². The number of hydrogen-bond donors (Lipinski definition) is 5. The van der Waals surface area contributed by atoms with E-state index in [9.17, 15) is 39.6 Å². The lowest BCUT2D eigenvalue weighted by atomic mass is 9.78. The third-order valence-electron chi connectivity index (χ3n) is 11.3. The van der Waals surface area contributed by atoms with E-state index in [4.69, 9.17) is 23.7 Å². The maximum Gasteiger partial charge on any atom is 0.312 e. The highest BCUT2D eigenvalue weighted by atomic mass is 16.7. The van der Waals surface area contributed by atoms with Gasteiger partial charge in [-0.1, -0.05) is 45.9 Å². The molecule has 5 bridgehead atoms. The molecule has 5 N–H and O–H groups in total. The molecular formula is C43H58N2O13. The molecule has 15 heteroatoms. The first kappa shape index (κ1) is 45.6. The summed E-state index contributed by atoms with van der Waals surface area (Å²) in [5, 5.41) is 48.4. The number of nitrogens with one attached hydrogen (secondary N) is 1. The zero-order valence-corrected chi connectivity index (χ0v) is 35.1. The van der Waals surface area contributed by atoms with Crippen LogP contribution >= 0.6 is 0 Å². The van der Waals surface area contributed by atoms with Crippen LogP contribution in [-0.2, 0) is 28.6 Å². The summed E-state index contributed by atoms with van der Waals surface area (Å²) in [7, 11) is 1.44. The number of likely N-dealkylation sites (N-methyl/N-ethyl adjacent to an activating group) is 1. The Kier molecular flexibility index (Phi) is 14.6. The molecular weight excluding hydrogens is 752 g/mol. The minimum atomic E-state index is -2.02. The van der Waals surface area contributed by atoms with Crippen LogP contribution in [0.4, 0.5) is 5.69 Å². The van der Waals surface area contributed by atoms with E-state index in [1.165, 1.54) is 59.3 Å². The smallest absolute Gasteiger partial charge is 0.312 e. The minimum Gasteiger partial charge on any atom is -0.507 e. The van der Waals surface area contributed by atoms with Crippen LogP contribution in [0.25, 0.3) is 10.8 Å². The van der Waals surface area contributed by atoms with Gasteiger partial charge in [0, 0.05) is 80.3 Å². The van der Waals surface area contributed by atoms with Crippen LogP contribution in [0.15, 0.2) is 42.2 Å². The number of methoxy groups -OCH3 is 1. The maximum atomic E-state index is 14.4. The number of anilines is 1. The lowest BCUT2D eigenvalue weighted by molar-refractivity contribution is -0.160. The van der Waals surface area contributed by atoms with E-state index in [0.29, 0.717) is 13.1 Å². The maximum absolute atomic E-state index is 14.4. The highest BCUT2D eigenvalue weighted by Crippen LogP contribution is 2.54. The van der Waals surface area contributed by atoms with Crippen molar-refractivity contribution >= 4 is 40.0 Å². The Labute approximate surface area is 339 Å². The number of ketones is 1. The van der Waals surface area contributed by atoms with Gasteiger partial charge < -0.3 is 54.3 Å². The number of fused-ring (bicyclic) bond motifs is 14. The van der Waals surface area contributed by atoms with Gasteiger partial charge in [0.25, 0.3) is 17.6 Å². The molecule has 3 heterocycles. The van der Waals surface area contributed by atoms with Crippen molar-refractivity contribution in [3.63, 3.8) is 0 Å². The van der Waals surface area contributed by atoms with E-state index >= 15 is 0 Å². The molecule has 3 aliphatic rings. The molecule has 318 valence electrons.